The maximum absolute atomic E-state index is 14.1. The number of anilines is 1. The summed E-state index contributed by atoms with van der Waals surface area (Å²) in [6, 6.07) is 8.38. The van der Waals surface area contributed by atoms with Gasteiger partial charge in [0.2, 0.25) is 0 Å². The summed E-state index contributed by atoms with van der Waals surface area (Å²) in [7, 11) is 0. The van der Waals surface area contributed by atoms with E-state index in [-0.39, 0.29) is 29.0 Å². The van der Waals surface area contributed by atoms with E-state index in [2.05, 4.69) is 17.1 Å². The molecule has 2 atom stereocenters. The largest absolute Gasteiger partial charge is 0.451 e. The summed E-state index contributed by atoms with van der Waals surface area (Å²) in [5.41, 5.74) is 5.91. The third-order valence-electron chi connectivity index (χ3n) is 5.60. The molecule has 3 aliphatic heterocycles. The molecule has 132 valence electrons. The molecule has 4 heterocycles. The Morgan fingerprint density at radius 2 is 2.04 bits per heavy atom. The molecule has 0 aliphatic carbocycles. The summed E-state index contributed by atoms with van der Waals surface area (Å²) >= 11 is 0. The van der Waals surface area contributed by atoms with Crippen molar-refractivity contribution in [2.75, 3.05) is 18.8 Å². The predicted molar refractivity (Wildman–Crippen MR) is 93.5 cm³/mol. The molecule has 3 aliphatic rings. The Morgan fingerprint density at radius 1 is 1.28 bits per heavy atom. The van der Waals surface area contributed by atoms with Crippen LogP contribution in [0.3, 0.4) is 0 Å². The van der Waals surface area contributed by atoms with Crippen molar-refractivity contribution in [3.8, 4) is 11.3 Å². The molecule has 5 rings (SSSR count). The SMILES string of the molecule is CC1C(NC(=O)c2ccc(-c3cccc(N)c3F)o2)C2CCN1CC2. The standard InChI is InChI=1S/C19H22FN3O2/c1-11-18(12-7-9-23(11)10-8-12)22-19(24)16-6-5-15(25-16)13-3-2-4-14(21)17(13)20/h2-6,11-12,18H,7-10,21H2,1H3,(H,22,24). The number of furan rings is 1. The van der Waals surface area contributed by atoms with Crippen LogP contribution in [-0.4, -0.2) is 36.0 Å². The maximum atomic E-state index is 14.1. The highest BCUT2D eigenvalue weighted by atomic mass is 19.1. The van der Waals surface area contributed by atoms with Crippen molar-refractivity contribution in [3.05, 3.63) is 41.9 Å². The monoisotopic (exact) mass is 343 g/mol. The van der Waals surface area contributed by atoms with Gasteiger partial charge in [0.05, 0.1) is 11.3 Å². The molecular weight excluding hydrogens is 321 g/mol. The second-order valence-electron chi connectivity index (χ2n) is 6.99. The van der Waals surface area contributed by atoms with Crippen LogP contribution in [0.1, 0.15) is 30.3 Å². The summed E-state index contributed by atoms with van der Waals surface area (Å²) in [5.74, 6) is 0.234. The Hall–Kier alpha value is -2.34. The van der Waals surface area contributed by atoms with Gasteiger partial charge in [-0.2, -0.15) is 0 Å². The van der Waals surface area contributed by atoms with Crippen LogP contribution in [0.5, 0.6) is 0 Å². The second-order valence-corrected chi connectivity index (χ2v) is 6.99. The number of rotatable bonds is 3. The number of nitrogen functional groups attached to an aromatic ring is 1. The molecule has 5 nitrogen and oxygen atoms in total. The van der Waals surface area contributed by atoms with Gasteiger partial charge in [0.15, 0.2) is 11.6 Å². The lowest BCUT2D eigenvalue weighted by Gasteiger charge is -2.49. The van der Waals surface area contributed by atoms with Crippen LogP contribution in [0.25, 0.3) is 11.3 Å². The summed E-state index contributed by atoms with van der Waals surface area (Å²) < 4.78 is 19.7. The third kappa shape index (κ3) is 2.80. The number of nitrogens with two attached hydrogens (primary N) is 1. The molecule has 6 heteroatoms. The van der Waals surface area contributed by atoms with Crippen molar-refractivity contribution >= 4 is 11.6 Å². The smallest absolute Gasteiger partial charge is 0.287 e. The van der Waals surface area contributed by atoms with E-state index < -0.39 is 5.82 Å². The molecule has 1 aromatic heterocycles. The topological polar surface area (TPSA) is 71.5 Å². The number of hydrogen-bond donors (Lipinski definition) is 2. The average Bonchev–Trinajstić information content (AvgIpc) is 3.11. The zero-order valence-electron chi connectivity index (χ0n) is 14.2. The van der Waals surface area contributed by atoms with E-state index in [0.29, 0.717) is 17.7 Å². The zero-order chi connectivity index (χ0) is 17.6. The van der Waals surface area contributed by atoms with E-state index in [0.717, 1.165) is 25.9 Å². The van der Waals surface area contributed by atoms with E-state index in [9.17, 15) is 9.18 Å². The molecule has 0 radical (unpaired) electrons. The quantitative estimate of drug-likeness (QED) is 0.841. The fourth-order valence-electron chi connectivity index (χ4n) is 4.11. The van der Waals surface area contributed by atoms with Gasteiger partial charge in [-0.15, -0.1) is 0 Å². The zero-order valence-corrected chi connectivity index (χ0v) is 14.2. The molecule has 1 amide bonds. The van der Waals surface area contributed by atoms with Gasteiger partial charge in [0, 0.05) is 12.1 Å². The van der Waals surface area contributed by atoms with Crippen LogP contribution in [0, 0.1) is 11.7 Å². The highest BCUT2D eigenvalue weighted by Crippen LogP contribution is 2.33. The summed E-state index contributed by atoms with van der Waals surface area (Å²) in [6.45, 7) is 4.38. The number of halogens is 1. The van der Waals surface area contributed by atoms with Crippen LogP contribution in [0.4, 0.5) is 10.1 Å². The normalized spacial score (nSPS) is 28.1. The van der Waals surface area contributed by atoms with E-state index in [4.69, 9.17) is 10.2 Å². The minimum absolute atomic E-state index is 0.0565. The molecular formula is C19H22FN3O2. The third-order valence-corrected chi connectivity index (χ3v) is 5.60. The van der Waals surface area contributed by atoms with Gasteiger partial charge >= 0.3 is 0 Å². The number of nitrogens with zero attached hydrogens (tertiary/aromatic N) is 1. The number of carbonyl (C=O) groups excluding carboxylic acids is 1. The Labute approximate surface area is 146 Å². The molecule has 2 aromatic rings. The lowest BCUT2D eigenvalue weighted by molar-refractivity contribution is 0.0211. The van der Waals surface area contributed by atoms with E-state index in [1.54, 1.807) is 24.3 Å². The number of fused-ring (bicyclic) bond motifs is 3. The van der Waals surface area contributed by atoms with Crippen molar-refractivity contribution in [1.29, 1.82) is 0 Å². The van der Waals surface area contributed by atoms with Crippen molar-refractivity contribution < 1.29 is 13.6 Å². The fourth-order valence-corrected chi connectivity index (χ4v) is 4.11. The minimum atomic E-state index is -0.533. The highest BCUT2D eigenvalue weighted by molar-refractivity contribution is 5.92. The number of piperidine rings is 3. The average molecular weight is 343 g/mol. The van der Waals surface area contributed by atoms with Crippen LogP contribution >= 0.6 is 0 Å². The number of carbonyl (C=O) groups is 1. The first-order valence-corrected chi connectivity index (χ1v) is 8.73. The molecule has 2 bridgehead atoms. The predicted octanol–water partition coefficient (Wildman–Crippen LogP) is 2.88. The maximum Gasteiger partial charge on any atom is 0.287 e. The van der Waals surface area contributed by atoms with Crippen LogP contribution < -0.4 is 11.1 Å². The van der Waals surface area contributed by atoms with Gasteiger partial charge in [-0.05, 0) is 63.0 Å². The van der Waals surface area contributed by atoms with Crippen molar-refractivity contribution in [3.63, 3.8) is 0 Å². The molecule has 3 saturated heterocycles. The Morgan fingerprint density at radius 3 is 2.76 bits per heavy atom. The molecule has 0 saturated carbocycles. The van der Waals surface area contributed by atoms with Gasteiger partial charge < -0.3 is 15.5 Å². The molecule has 2 unspecified atom stereocenters. The summed E-state index contributed by atoms with van der Waals surface area (Å²) in [6.07, 6.45) is 2.24. The number of hydrogen-bond acceptors (Lipinski definition) is 4. The van der Waals surface area contributed by atoms with E-state index in [1.807, 2.05) is 0 Å². The Kier molecular flexibility index (Phi) is 4.00. The van der Waals surface area contributed by atoms with Gasteiger partial charge in [0.25, 0.3) is 5.91 Å². The van der Waals surface area contributed by atoms with E-state index in [1.165, 1.54) is 6.07 Å². The molecule has 1 aromatic carbocycles. The first kappa shape index (κ1) is 16.1. The lowest BCUT2D eigenvalue weighted by atomic mass is 9.79. The number of benzene rings is 1. The number of nitrogens with one attached hydrogen (secondary N) is 1. The van der Waals surface area contributed by atoms with Gasteiger partial charge in [-0.1, -0.05) is 6.07 Å². The van der Waals surface area contributed by atoms with Crippen molar-refractivity contribution in [2.45, 2.75) is 31.8 Å². The Bertz CT molecular complexity index is 794. The molecule has 0 spiro atoms. The number of amides is 1. The van der Waals surface area contributed by atoms with Crippen LogP contribution in [0.15, 0.2) is 34.7 Å². The fraction of sp³-hybridized carbons (Fsp3) is 0.421. The van der Waals surface area contributed by atoms with Crippen LogP contribution in [0.2, 0.25) is 0 Å². The lowest BCUT2D eigenvalue weighted by Crippen LogP contribution is -2.62. The van der Waals surface area contributed by atoms with Crippen molar-refractivity contribution in [1.82, 2.24) is 10.2 Å². The van der Waals surface area contributed by atoms with Gasteiger partial charge in [-0.25, -0.2) is 4.39 Å². The summed E-state index contributed by atoms with van der Waals surface area (Å²) in [5, 5.41) is 3.11. The van der Waals surface area contributed by atoms with E-state index >= 15 is 0 Å². The minimum Gasteiger partial charge on any atom is -0.451 e. The molecule has 3 fully saturated rings. The molecule has 3 N–H and O–H groups in total. The Balaban J connectivity index is 1.52. The second kappa shape index (κ2) is 6.19. The first-order valence-electron chi connectivity index (χ1n) is 8.73. The highest BCUT2D eigenvalue weighted by Gasteiger charge is 2.40. The van der Waals surface area contributed by atoms with Gasteiger partial charge in [0.1, 0.15) is 5.76 Å². The van der Waals surface area contributed by atoms with Crippen molar-refractivity contribution in [2.24, 2.45) is 5.92 Å². The van der Waals surface area contributed by atoms with Gasteiger partial charge in [-0.3, -0.25) is 9.69 Å². The molecule has 25 heavy (non-hydrogen) atoms. The summed E-state index contributed by atoms with van der Waals surface area (Å²) in [4.78, 5) is 15.0. The van der Waals surface area contributed by atoms with Crippen LogP contribution in [-0.2, 0) is 0 Å². The first-order chi connectivity index (χ1) is 12.0.